The van der Waals surface area contributed by atoms with Crippen molar-refractivity contribution in [2.24, 2.45) is 0 Å². The normalized spacial score (nSPS) is 18.5. The van der Waals surface area contributed by atoms with Crippen LogP contribution in [0.1, 0.15) is 34.5 Å². The number of carbonyl (C=O) groups is 4. The summed E-state index contributed by atoms with van der Waals surface area (Å²) in [5.74, 6) is 0.247. The van der Waals surface area contributed by atoms with E-state index in [9.17, 15) is 33.8 Å². The molecule has 2 aliphatic heterocycles. The molecular formula is C37H33FN2O9S2. The molecule has 264 valence electrons. The second-order valence-electron chi connectivity index (χ2n) is 11.8. The fourth-order valence-electron chi connectivity index (χ4n) is 5.35. The zero-order valence-corrected chi connectivity index (χ0v) is 28.6. The summed E-state index contributed by atoms with van der Waals surface area (Å²) in [4.78, 5) is 50.1. The van der Waals surface area contributed by atoms with Crippen LogP contribution in [0.2, 0.25) is 0 Å². The number of imide groups is 2. The summed E-state index contributed by atoms with van der Waals surface area (Å²) >= 11 is 1.90. The summed E-state index contributed by atoms with van der Waals surface area (Å²) < 4.78 is 30.6. The lowest BCUT2D eigenvalue weighted by Crippen LogP contribution is -2.35. The van der Waals surface area contributed by atoms with Gasteiger partial charge in [-0.2, -0.15) is 0 Å². The van der Waals surface area contributed by atoms with Gasteiger partial charge in [-0.3, -0.25) is 24.5 Å². The lowest BCUT2D eigenvalue weighted by Gasteiger charge is -2.17. The van der Waals surface area contributed by atoms with E-state index in [1.807, 2.05) is 0 Å². The van der Waals surface area contributed by atoms with E-state index in [1.165, 1.54) is 18.2 Å². The van der Waals surface area contributed by atoms with Gasteiger partial charge in [-0.1, -0.05) is 72.1 Å². The van der Waals surface area contributed by atoms with Gasteiger partial charge in [-0.25, -0.2) is 9.29 Å². The van der Waals surface area contributed by atoms with Crippen molar-refractivity contribution >= 4 is 45.8 Å². The van der Waals surface area contributed by atoms with Crippen molar-refractivity contribution in [3.63, 3.8) is 0 Å². The minimum absolute atomic E-state index is 0.0520. The third kappa shape index (κ3) is 9.47. The first-order chi connectivity index (χ1) is 24.6. The number of amides is 4. The Hall–Kier alpha value is -4.89. The van der Waals surface area contributed by atoms with Crippen LogP contribution < -0.4 is 19.5 Å². The van der Waals surface area contributed by atoms with E-state index in [0.717, 1.165) is 39.6 Å². The van der Waals surface area contributed by atoms with Gasteiger partial charge in [0.1, 0.15) is 48.5 Å². The molecule has 3 N–H and O–H groups in total. The van der Waals surface area contributed by atoms with Crippen LogP contribution in [-0.2, 0) is 22.4 Å². The maximum Gasteiger partial charge on any atom is 0.291 e. The van der Waals surface area contributed by atoms with Gasteiger partial charge in [0.05, 0.1) is 10.5 Å². The highest BCUT2D eigenvalue weighted by atomic mass is 32.2. The van der Waals surface area contributed by atoms with Crippen LogP contribution in [0.4, 0.5) is 14.0 Å². The molecule has 0 radical (unpaired) electrons. The molecule has 6 rings (SSSR count). The molecule has 14 heteroatoms. The molecule has 0 saturated carbocycles. The van der Waals surface area contributed by atoms with E-state index in [2.05, 4.69) is 5.32 Å². The van der Waals surface area contributed by atoms with Crippen molar-refractivity contribution in [3.05, 3.63) is 125 Å². The number of aliphatic hydroxyl groups is 2. The van der Waals surface area contributed by atoms with Crippen molar-refractivity contribution in [1.29, 1.82) is 0 Å². The number of nitrogens with zero attached hydrogens (tertiary/aromatic N) is 1. The number of nitrogens with one attached hydrogen (secondary N) is 1. The molecule has 4 atom stereocenters. The van der Waals surface area contributed by atoms with Crippen molar-refractivity contribution in [1.82, 2.24) is 10.2 Å². The van der Waals surface area contributed by atoms with Crippen molar-refractivity contribution in [2.45, 2.75) is 35.5 Å². The fourth-order valence-corrected chi connectivity index (χ4v) is 7.23. The summed E-state index contributed by atoms with van der Waals surface area (Å²) in [7, 11) is 0. The first kappa shape index (κ1) is 35.9. The Kier molecular flexibility index (Phi) is 11.6. The maximum absolute atomic E-state index is 13.4. The molecule has 11 nitrogen and oxygen atoms in total. The smallest absolute Gasteiger partial charge is 0.291 e. The quantitative estimate of drug-likeness (QED) is 0.140. The Balaban J connectivity index is 0.948. The van der Waals surface area contributed by atoms with E-state index < -0.39 is 33.8 Å². The van der Waals surface area contributed by atoms with Gasteiger partial charge in [0.15, 0.2) is 6.73 Å². The number of ether oxygens (including phenoxy) is 3. The highest BCUT2D eigenvalue weighted by Crippen LogP contribution is 2.31. The van der Waals surface area contributed by atoms with Crippen molar-refractivity contribution < 1.29 is 48.0 Å². The van der Waals surface area contributed by atoms with Crippen LogP contribution in [0.15, 0.2) is 97.1 Å². The second-order valence-corrected chi connectivity index (χ2v) is 14.1. The summed E-state index contributed by atoms with van der Waals surface area (Å²) in [6.07, 6.45) is -1.28. The number of hydrogen-bond acceptors (Lipinski definition) is 11. The third-order valence-electron chi connectivity index (χ3n) is 8.11. The Bertz CT molecular complexity index is 1890. The van der Waals surface area contributed by atoms with Gasteiger partial charge in [-0.15, -0.1) is 0 Å². The van der Waals surface area contributed by atoms with E-state index in [1.54, 1.807) is 78.9 Å². The lowest BCUT2D eigenvalue weighted by molar-refractivity contribution is -0.128. The average Bonchev–Trinajstić information content (AvgIpc) is 3.59. The number of hydrogen-bond donors (Lipinski definition) is 3. The molecule has 2 aliphatic rings. The number of aliphatic hydroxyl groups excluding tert-OH is 2. The maximum atomic E-state index is 13.4. The van der Waals surface area contributed by atoms with E-state index in [4.69, 9.17) is 14.2 Å². The van der Waals surface area contributed by atoms with Crippen LogP contribution in [0.5, 0.6) is 17.2 Å². The molecule has 2 fully saturated rings. The van der Waals surface area contributed by atoms with Crippen LogP contribution in [0, 0.1) is 5.82 Å². The van der Waals surface area contributed by atoms with Gasteiger partial charge in [0.2, 0.25) is 11.8 Å². The third-order valence-corrected chi connectivity index (χ3v) is 10.2. The molecule has 4 aromatic rings. The summed E-state index contributed by atoms with van der Waals surface area (Å²) in [5, 5.41) is 21.5. The Morgan fingerprint density at radius 3 is 1.82 bits per heavy atom. The van der Waals surface area contributed by atoms with Crippen LogP contribution >= 0.6 is 23.5 Å². The monoisotopic (exact) mass is 732 g/mol. The molecule has 2 heterocycles. The van der Waals surface area contributed by atoms with Gasteiger partial charge >= 0.3 is 0 Å². The Morgan fingerprint density at radius 1 is 0.686 bits per heavy atom. The van der Waals surface area contributed by atoms with E-state index >= 15 is 0 Å². The van der Waals surface area contributed by atoms with Crippen LogP contribution in [0.3, 0.4) is 0 Å². The summed E-state index contributed by atoms with van der Waals surface area (Å²) in [6, 6.07) is 26.3. The molecule has 2 unspecified atom stereocenters. The number of carbonyl (C=O) groups excluding carboxylic acids is 4. The van der Waals surface area contributed by atoms with Gasteiger partial charge in [0, 0.05) is 0 Å². The van der Waals surface area contributed by atoms with E-state index in [0.29, 0.717) is 41.2 Å². The van der Waals surface area contributed by atoms with Crippen LogP contribution in [-0.4, -0.2) is 67.9 Å². The second kappa shape index (κ2) is 16.4. The molecule has 2 saturated heterocycles. The molecule has 51 heavy (non-hydrogen) atoms. The van der Waals surface area contributed by atoms with E-state index in [-0.39, 0.29) is 37.0 Å². The van der Waals surface area contributed by atoms with Crippen molar-refractivity contribution in [2.75, 3.05) is 19.9 Å². The predicted molar refractivity (Wildman–Crippen MR) is 188 cm³/mol. The topological polar surface area (TPSA) is 152 Å². The largest absolute Gasteiger partial charge is 0.491 e. The highest BCUT2D eigenvalue weighted by molar-refractivity contribution is 8.15. The molecule has 0 aromatic heterocycles. The number of thioether (sulfide) groups is 2. The molecular weight excluding hydrogens is 700 g/mol. The predicted octanol–water partition coefficient (Wildman–Crippen LogP) is 5.59. The van der Waals surface area contributed by atoms with Gasteiger partial charge < -0.3 is 24.4 Å². The standard InChI is InChI=1S/C37H33FN2O9S2/c38-26-5-1-3-24(17-26)30(41)19-47-28-13-9-23(10-14-28)16-33-35(44)40(37(46)51-33)21-49-29-6-2-4-25(18-29)31(42)20-48-27-11-7-22(8-12-27)15-32-34(43)39-36(45)50-32/h1-14,17-18,30-33,41-42H,15-16,19-21H2,(H,39,43,45)/t30-,31-,32?,33?/m0/s1. The number of halogens is 1. The first-order valence-corrected chi connectivity index (χ1v) is 17.7. The Morgan fingerprint density at radius 2 is 1.25 bits per heavy atom. The molecule has 4 aromatic carbocycles. The highest BCUT2D eigenvalue weighted by Gasteiger charge is 2.40. The molecule has 0 bridgehead atoms. The zero-order chi connectivity index (χ0) is 35.9. The van der Waals surface area contributed by atoms with Gasteiger partial charge in [0.25, 0.3) is 10.5 Å². The molecule has 4 amide bonds. The molecule has 0 spiro atoms. The van der Waals surface area contributed by atoms with Crippen LogP contribution in [0.25, 0.3) is 0 Å². The number of benzene rings is 4. The van der Waals surface area contributed by atoms with Gasteiger partial charge in [-0.05, 0) is 83.6 Å². The minimum Gasteiger partial charge on any atom is -0.491 e. The minimum atomic E-state index is -1.00. The molecule has 0 aliphatic carbocycles. The fraction of sp³-hybridized carbons (Fsp3) is 0.243. The zero-order valence-electron chi connectivity index (χ0n) is 27.0. The average molecular weight is 733 g/mol. The summed E-state index contributed by atoms with van der Waals surface area (Å²) in [5.41, 5.74) is 2.60. The Labute approximate surface area is 301 Å². The SMILES string of the molecule is O=C1NC(=O)C(Cc2ccc(OC[C@H](O)c3cccc(OCN4C(=O)SC(Cc5ccc(OC[C@H](O)c6cccc(F)c6)cc5)C4=O)c3)cc2)S1. The van der Waals surface area contributed by atoms with Crippen molar-refractivity contribution in [3.8, 4) is 17.2 Å². The summed E-state index contributed by atoms with van der Waals surface area (Å²) in [6.45, 7) is -0.411. The lowest BCUT2D eigenvalue weighted by atomic mass is 10.1. The first-order valence-electron chi connectivity index (χ1n) is 15.9. The number of rotatable bonds is 15.